The zero-order chi connectivity index (χ0) is 18.1. The summed E-state index contributed by atoms with van der Waals surface area (Å²) in [5.74, 6) is -1.24. The highest BCUT2D eigenvalue weighted by atomic mass is 19.4. The number of rotatable bonds is 2. The molecule has 7 heteroatoms. The molecule has 1 aliphatic carbocycles. The molecule has 1 N–H and O–H groups in total. The van der Waals surface area contributed by atoms with Gasteiger partial charge in [0.05, 0.1) is 0 Å². The van der Waals surface area contributed by atoms with Crippen LogP contribution in [0.5, 0.6) is 0 Å². The van der Waals surface area contributed by atoms with E-state index < -0.39 is 29.2 Å². The van der Waals surface area contributed by atoms with Crippen LogP contribution in [0.25, 0.3) is 0 Å². The fourth-order valence-electron chi connectivity index (χ4n) is 2.91. The second-order valence-electron chi connectivity index (χ2n) is 7.27. The maximum atomic E-state index is 13.2. The highest BCUT2D eigenvalue weighted by molar-refractivity contribution is 5.89. The van der Waals surface area contributed by atoms with Crippen LogP contribution in [0.1, 0.15) is 61.6 Å². The lowest BCUT2D eigenvalue weighted by molar-refractivity contribution is -0.231. The quantitative estimate of drug-likeness (QED) is 0.655. The summed E-state index contributed by atoms with van der Waals surface area (Å²) in [6.45, 7) is 4.00. The molecule has 0 bridgehead atoms. The lowest BCUT2D eigenvalue weighted by Crippen LogP contribution is -2.44. The molecule has 1 aromatic rings. The Hall–Kier alpha value is -1.79. The van der Waals surface area contributed by atoms with Crippen LogP contribution in [0.2, 0.25) is 0 Å². The van der Waals surface area contributed by atoms with E-state index in [1.807, 2.05) is 0 Å². The molecule has 1 atom stereocenters. The van der Waals surface area contributed by atoms with E-state index in [9.17, 15) is 22.8 Å². The third-order valence-electron chi connectivity index (χ3n) is 4.12. The Morgan fingerprint density at radius 3 is 2.38 bits per heavy atom. The van der Waals surface area contributed by atoms with Crippen LogP contribution in [0.4, 0.5) is 13.2 Å². The summed E-state index contributed by atoms with van der Waals surface area (Å²) < 4.78 is 44.2. The van der Waals surface area contributed by atoms with Crippen molar-refractivity contribution in [3.63, 3.8) is 0 Å². The van der Waals surface area contributed by atoms with Crippen molar-refractivity contribution >= 4 is 5.97 Å². The normalized spacial score (nSPS) is 16.9. The molecule has 1 aromatic heterocycles. The first kappa shape index (κ1) is 18.5. The van der Waals surface area contributed by atoms with Crippen molar-refractivity contribution in [3.8, 4) is 0 Å². The van der Waals surface area contributed by atoms with Gasteiger partial charge in [0.15, 0.2) is 0 Å². The maximum Gasteiger partial charge on any atom is 0.426 e. The monoisotopic (exact) mass is 345 g/mol. The fraction of sp³-hybridized carbons (Fsp3) is 0.647. The van der Waals surface area contributed by atoms with Crippen molar-refractivity contribution < 1.29 is 22.7 Å². The third-order valence-corrected chi connectivity index (χ3v) is 4.12. The number of nitrogens with one attached hydrogen (secondary N) is 1. The maximum absolute atomic E-state index is 13.2. The van der Waals surface area contributed by atoms with Gasteiger partial charge in [-0.1, -0.05) is 27.2 Å². The number of pyridine rings is 1. The molecule has 2 rings (SSSR count). The molecule has 0 amide bonds. The van der Waals surface area contributed by atoms with Crippen LogP contribution >= 0.6 is 0 Å². The summed E-state index contributed by atoms with van der Waals surface area (Å²) in [7, 11) is 0. The Morgan fingerprint density at radius 2 is 1.79 bits per heavy atom. The van der Waals surface area contributed by atoms with Gasteiger partial charge in [-0.25, -0.2) is 4.79 Å². The molecule has 134 valence electrons. The van der Waals surface area contributed by atoms with E-state index in [1.165, 1.54) is 26.8 Å². The van der Waals surface area contributed by atoms with Crippen molar-refractivity contribution in [1.29, 1.82) is 0 Å². The number of alkyl halides is 3. The lowest BCUT2D eigenvalue weighted by Gasteiger charge is -2.31. The number of aromatic nitrogens is 1. The highest BCUT2D eigenvalue weighted by Crippen LogP contribution is 2.36. The fourth-order valence-corrected chi connectivity index (χ4v) is 2.91. The van der Waals surface area contributed by atoms with E-state index in [-0.39, 0.29) is 5.56 Å². The molecule has 1 aliphatic rings. The molecule has 24 heavy (non-hydrogen) atoms. The number of halogens is 3. The van der Waals surface area contributed by atoms with Gasteiger partial charge in [-0.15, -0.1) is 0 Å². The zero-order valence-corrected chi connectivity index (χ0v) is 14.0. The van der Waals surface area contributed by atoms with E-state index in [0.29, 0.717) is 12.8 Å². The highest BCUT2D eigenvalue weighted by Gasteiger charge is 2.50. The van der Waals surface area contributed by atoms with Crippen molar-refractivity contribution in [3.05, 3.63) is 33.2 Å². The Balaban J connectivity index is 2.32. The van der Waals surface area contributed by atoms with Gasteiger partial charge in [0.25, 0.3) is 5.56 Å². The standard InChI is InChI=1S/C17H22F3NO3/c1-16(2,3)15(17(18,19)20)24-14(23)11-9-10-7-5-4-6-8-12(10)21-13(11)22/h9,15H,4-8H2,1-3H3,(H,21,22)/t15-/m1/s1. The number of carbonyl (C=O) groups is 1. The number of hydrogen-bond acceptors (Lipinski definition) is 3. The molecule has 4 nitrogen and oxygen atoms in total. The van der Waals surface area contributed by atoms with Crippen molar-refractivity contribution in [2.75, 3.05) is 0 Å². The summed E-state index contributed by atoms with van der Waals surface area (Å²) in [6.07, 6.45) is -2.73. The number of ether oxygens (including phenoxy) is 1. The molecular formula is C17H22F3NO3. The second-order valence-corrected chi connectivity index (χ2v) is 7.27. The smallest absolute Gasteiger partial charge is 0.426 e. The molecular weight excluding hydrogens is 323 g/mol. The van der Waals surface area contributed by atoms with Crippen molar-refractivity contribution in [1.82, 2.24) is 4.98 Å². The SMILES string of the molecule is CC(C)(C)[C@@H](OC(=O)c1cc2c([nH]c1=O)CCCCC2)C(F)(F)F. The van der Waals surface area contributed by atoms with E-state index in [2.05, 4.69) is 9.72 Å². The average Bonchev–Trinajstić information content (AvgIpc) is 2.65. The van der Waals surface area contributed by atoms with Gasteiger partial charge in [0.2, 0.25) is 6.10 Å². The Kier molecular flexibility index (Phi) is 5.11. The number of aromatic amines is 1. The van der Waals surface area contributed by atoms with Crippen LogP contribution in [0.15, 0.2) is 10.9 Å². The predicted molar refractivity (Wildman–Crippen MR) is 83.0 cm³/mol. The van der Waals surface area contributed by atoms with Gasteiger partial charge in [0, 0.05) is 11.1 Å². The summed E-state index contributed by atoms with van der Waals surface area (Å²) in [5, 5.41) is 0. The zero-order valence-electron chi connectivity index (χ0n) is 14.0. The number of aryl methyl sites for hydroxylation is 2. The van der Waals surface area contributed by atoms with Gasteiger partial charge in [-0.2, -0.15) is 13.2 Å². The molecule has 1 heterocycles. The summed E-state index contributed by atoms with van der Waals surface area (Å²) in [5.41, 5.74) is -0.827. The largest absolute Gasteiger partial charge is 0.448 e. The van der Waals surface area contributed by atoms with Gasteiger partial charge < -0.3 is 9.72 Å². The first-order valence-electron chi connectivity index (χ1n) is 8.03. The summed E-state index contributed by atoms with van der Waals surface area (Å²) in [6, 6.07) is 1.39. The second kappa shape index (κ2) is 6.61. The minimum Gasteiger partial charge on any atom is -0.448 e. The number of fused-ring (bicyclic) bond motifs is 1. The van der Waals surface area contributed by atoms with Crippen LogP contribution in [-0.2, 0) is 17.6 Å². The molecule has 0 unspecified atom stereocenters. The molecule has 0 radical (unpaired) electrons. The number of hydrogen-bond donors (Lipinski definition) is 1. The summed E-state index contributed by atoms with van der Waals surface area (Å²) in [4.78, 5) is 26.9. The third kappa shape index (κ3) is 4.19. The molecule has 0 aliphatic heterocycles. The van der Waals surface area contributed by atoms with Gasteiger partial charge in [-0.3, -0.25) is 4.79 Å². The number of carbonyl (C=O) groups excluding carboxylic acids is 1. The Labute approximate surface area is 138 Å². The average molecular weight is 345 g/mol. The van der Waals surface area contributed by atoms with Gasteiger partial charge >= 0.3 is 12.1 Å². The van der Waals surface area contributed by atoms with Crippen molar-refractivity contribution in [2.45, 2.75) is 65.2 Å². The first-order valence-corrected chi connectivity index (χ1v) is 8.03. The summed E-state index contributed by atoms with van der Waals surface area (Å²) >= 11 is 0. The van der Waals surface area contributed by atoms with E-state index in [4.69, 9.17) is 0 Å². The Bertz CT molecular complexity index is 657. The van der Waals surface area contributed by atoms with Gasteiger partial charge in [0.1, 0.15) is 5.56 Å². The molecule has 0 spiro atoms. The first-order chi connectivity index (χ1) is 11.0. The molecule has 0 saturated carbocycles. The van der Waals surface area contributed by atoms with Gasteiger partial charge in [-0.05, 0) is 37.3 Å². The van der Waals surface area contributed by atoms with Crippen molar-refractivity contribution in [2.24, 2.45) is 5.41 Å². The number of H-pyrrole nitrogens is 1. The minimum absolute atomic E-state index is 0.367. The van der Waals surface area contributed by atoms with Crippen LogP contribution < -0.4 is 5.56 Å². The lowest BCUT2D eigenvalue weighted by atomic mass is 9.88. The van der Waals surface area contributed by atoms with Crippen LogP contribution in [-0.4, -0.2) is 23.2 Å². The Morgan fingerprint density at radius 1 is 1.17 bits per heavy atom. The van der Waals surface area contributed by atoms with E-state index >= 15 is 0 Å². The molecule has 0 aromatic carbocycles. The topological polar surface area (TPSA) is 59.2 Å². The van der Waals surface area contributed by atoms with Crippen LogP contribution in [0.3, 0.4) is 0 Å². The predicted octanol–water partition coefficient (Wildman–Crippen LogP) is 3.78. The van der Waals surface area contributed by atoms with Crippen LogP contribution in [0, 0.1) is 5.41 Å². The molecule has 0 saturated heterocycles. The van der Waals surface area contributed by atoms with E-state index in [0.717, 1.165) is 30.5 Å². The number of esters is 1. The van der Waals surface area contributed by atoms with E-state index in [1.54, 1.807) is 0 Å². The minimum atomic E-state index is -4.70. The molecule has 0 fully saturated rings.